The van der Waals surface area contributed by atoms with Crippen LogP contribution >= 0.6 is 0 Å². The summed E-state index contributed by atoms with van der Waals surface area (Å²) in [5, 5.41) is 0. The minimum atomic E-state index is 0. The van der Waals surface area contributed by atoms with Gasteiger partial charge in [-0.25, -0.2) is 0 Å². The van der Waals surface area contributed by atoms with Crippen molar-refractivity contribution in [1.29, 1.82) is 0 Å². The molecule has 0 radical (unpaired) electrons. The van der Waals surface area contributed by atoms with E-state index in [-0.39, 0.29) is 28.5 Å². The Morgan fingerprint density at radius 2 is 0.800 bits per heavy atom. The number of carbonyl (C=O) groups excluding carboxylic acids is 3. The average Bonchev–Trinajstić information content (AvgIpc) is 2.03. The van der Waals surface area contributed by atoms with Gasteiger partial charge in [-0.15, -0.1) is 0 Å². The fraction of sp³-hybridized carbons (Fsp3) is 0.167. The Balaban J connectivity index is -0.00000000500. The zero-order chi connectivity index (χ0) is 8.00. The van der Waals surface area contributed by atoms with Crippen LogP contribution in [-0.4, -0.2) is 20.4 Å². The Morgan fingerprint density at radius 3 is 0.800 bits per heavy atom. The third kappa shape index (κ3) is 3790. The zero-order valence-corrected chi connectivity index (χ0v) is 8.08. The zero-order valence-electron chi connectivity index (χ0n) is 6.07. The Labute approximate surface area is 77.5 Å². The number of hydrogen-bond donors (Lipinski definition) is 0. The van der Waals surface area contributed by atoms with E-state index in [4.69, 9.17) is 14.4 Å². The van der Waals surface area contributed by atoms with Crippen LogP contribution in [0.5, 0.6) is 0 Å². The van der Waals surface area contributed by atoms with Gasteiger partial charge in [0.15, 0.2) is 0 Å². The molecule has 0 aliphatic carbocycles. The van der Waals surface area contributed by atoms with Crippen LogP contribution in [0.3, 0.4) is 0 Å². The van der Waals surface area contributed by atoms with Crippen LogP contribution in [0.15, 0.2) is 0 Å². The van der Waals surface area contributed by atoms with Gasteiger partial charge in [0.05, 0.1) is 0 Å². The molecule has 0 rings (SSSR count). The maximum Gasteiger partial charge on any atom is 0 e. The van der Waals surface area contributed by atoms with Gasteiger partial charge in [-0.3, -0.25) is 20.4 Å². The van der Waals surface area contributed by atoms with Crippen molar-refractivity contribution in [2.45, 2.75) is 6.92 Å². The van der Waals surface area contributed by atoms with Crippen molar-refractivity contribution in [3.05, 3.63) is 14.4 Å². The molecular formula is C6H11MoO3-5. The maximum atomic E-state index is 7.75. The molecule has 0 aliphatic rings. The summed E-state index contributed by atoms with van der Waals surface area (Å²) < 4.78 is 0. The quantitative estimate of drug-likeness (QED) is 0.343. The molecule has 4 heteroatoms. The minimum absolute atomic E-state index is 0. The maximum absolute atomic E-state index is 7.75. The molecule has 0 N–H and O–H groups in total. The van der Waals surface area contributed by atoms with Gasteiger partial charge in [0, 0.05) is 21.1 Å². The summed E-state index contributed by atoms with van der Waals surface area (Å²) in [5.41, 5.74) is 0. The monoisotopic (exact) mass is 229 g/mol. The van der Waals surface area contributed by atoms with Crippen molar-refractivity contribution in [3.8, 4) is 0 Å². The molecule has 0 saturated heterocycles. The summed E-state index contributed by atoms with van der Waals surface area (Å²) in [6.45, 7) is 14.8. The molecule has 0 heterocycles. The van der Waals surface area contributed by atoms with E-state index in [0.29, 0.717) is 0 Å². The van der Waals surface area contributed by atoms with E-state index < -0.39 is 0 Å². The standard InChI is InChI=1S/C2H5.3CHO.CH3.Mo/c4*1-2;;/h1H2,2H3;3*1H;1H3;/q5*-1;. The van der Waals surface area contributed by atoms with Crippen molar-refractivity contribution < 1.29 is 35.4 Å². The van der Waals surface area contributed by atoms with Gasteiger partial charge < -0.3 is 28.7 Å². The topological polar surface area (TPSA) is 51.2 Å². The minimum Gasteiger partial charge on any atom is -0.545 e. The van der Waals surface area contributed by atoms with E-state index in [1.807, 2.05) is 0 Å². The summed E-state index contributed by atoms with van der Waals surface area (Å²) in [5.74, 6) is 0. The predicted molar refractivity (Wildman–Crippen MR) is 37.7 cm³/mol. The molecule has 0 aliphatic heterocycles. The van der Waals surface area contributed by atoms with Crippen molar-refractivity contribution in [3.63, 3.8) is 0 Å². The fourth-order valence-electron chi connectivity index (χ4n) is 0. The second-order valence-corrected chi connectivity index (χ2v) is 0. The molecule has 0 spiro atoms. The largest absolute Gasteiger partial charge is 0.545 e. The second kappa shape index (κ2) is 5660. The average molecular weight is 227 g/mol. The first-order valence-electron chi connectivity index (χ1n) is 1.41. The Bertz CT molecular complexity index is 17.7. The normalized spacial score (nSPS) is 1.80. The second-order valence-electron chi connectivity index (χ2n) is 0. The molecule has 10 heavy (non-hydrogen) atoms. The molecular weight excluding hydrogens is 216 g/mol. The molecule has 0 aromatic heterocycles. The molecule has 0 amide bonds. The molecule has 0 atom stereocenters. The van der Waals surface area contributed by atoms with Gasteiger partial charge in [-0.1, -0.05) is 0 Å². The van der Waals surface area contributed by atoms with Crippen LogP contribution < -0.4 is 0 Å². The van der Waals surface area contributed by atoms with E-state index in [1.54, 1.807) is 6.92 Å². The van der Waals surface area contributed by atoms with Crippen LogP contribution in [0.25, 0.3) is 0 Å². The molecule has 0 aromatic carbocycles. The van der Waals surface area contributed by atoms with Gasteiger partial charge in [-0.2, -0.15) is 6.92 Å². The van der Waals surface area contributed by atoms with Crippen molar-refractivity contribution >= 4 is 20.4 Å². The van der Waals surface area contributed by atoms with Crippen LogP contribution in [0.4, 0.5) is 0 Å². The molecule has 0 aromatic rings. The summed E-state index contributed by atoms with van der Waals surface area (Å²) in [6.07, 6.45) is 0. The van der Waals surface area contributed by atoms with Crippen LogP contribution in [0.2, 0.25) is 0 Å². The number of rotatable bonds is 0. The van der Waals surface area contributed by atoms with E-state index in [2.05, 4.69) is 27.3 Å². The van der Waals surface area contributed by atoms with E-state index >= 15 is 0 Å². The van der Waals surface area contributed by atoms with Crippen molar-refractivity contribution in [1.82, 2.24) is 0 Å². The predicted octanol–water partition coefficient (Wildman–Crippen LogP) is 0.466. The van der Waals surface area contributed by atoms with Crippen molar-refractivity contribution in [2.75, 3.05) is 0 Å². The summed E-state index contributed by atoms with van der Waals surface area (Å²) in [4.78, 5) is 23.2. The third-order valence-corrected chi connectivity index (χ3v) is 0. The Kier molecular flexibility index (Phi) is 30400. The third-order valence-electron chi connectivity index (χ3n) is 0. The van der Waals surface area contributed by atoms with Crippen LogP contribution in [0, 0.1) is 14.4 Å². The van der Waals surface area contributed by atoms with Crippen molar-refractivity contribution in [2.24, 2.45) is 0 Å². The van der Waals surface area contributed by atoms with Gasteiger partial charge in [0.2, 0.25) is 0 Å². The molecule has 3 nitrogen and oxygen atoms in total. The van der Waals surface area contributed by atoms with Gasteiger partial charge >= 0.3 is 0 Å². The van der Waals surface area contributed by atoms with E-state index in [9.17, 15) is 0 Å². The Hall–Kier alpha value is -0.302. The van der Waals surface area contributed by atoms with Gasteiger partial charge in [0.25, 0.3) is 0 Å². The van der Waals surface area contributed by atoms with Gasteiger partial charge in [-0.05, 0) is 0 Å². The van der Waals surface area contributed by atoms with Gasteiger partial charge in [0.1, 0.15) is 0 Å². The van der Waals surface area contributed by atoms with E-state index in [0.717, 1.165) is 0 Å². The molecule has 0 fully saturated rings. The van der Waals surface area contributed by atoms with E-state index in [1.165, 1.54) is 0 Å². The fourth-order valence-corrected chi connectivity index (χ4v) is 0. The first-order chi connectivity index (χ1) is 4.00. The summed E-state index contributed by atoms with van der Waals surface area (Å²) in [6, 6.07) is 0. The SMILES string of the molecule is [CH-]=O.[CH-]=O.[CH-]=O.[CH2-]C.[CH3-].[Mo]. The summed E-state index contributed by atoms with van der Waals surface area (Å²) in [7, 11) is 0. The molecule has 0 saturated carbocycles. The molecule has 0 bridgehead atoms. The van der Waals surface area contributed by atoms with Crippen LogP contribution in [0.1, 0.15) is 6.92 Å². The molecule has 64 valence electrons. The Morgan fingerprint density at radius 1 is 0.800 bits per heavy atom. The first kappa shape index (κ1) is 53.6. The first-order valence-corrected chi connectivity index (χ1v) is 1.41. The number of hydrogen-bond acceptors (Lipinski definition) is 3. The smallest absolute Gasteiger partial charge is 0 e. The van der Waals surface area contributed by atoms with Crippen LogP contribution in [-0.2, 0) is 35.4 Å². The summed E-state index contributed by atoms with van der Waals surface area (Å²) >= 11 is 0. The molecule has 0 unspecified atom stereocenters.